The summed E-state index contributed by atoms with van der Waals surface area (Å²) >= 11 is 0. The summed E-state index contributed by atoms with van der Waals surface area (Å²) in [6.07, 6.45) is 1.84. The molecule has 0 saturated carbocycles. The Balaban J connectivity index is 1.72. The van der Waals surface area contributed by atoms with Crippen LogP contribution in [0.25, 0.3) is 0 Å². The van der Waals surface area contributed by atoms with E-state index in [1.165, 1.54) is 4.31 Å². The van der Waals surface area contributed by atoms with Crippen LogP contribution < -0.4 is 21.0 Å². The Morgan fingerprint density at radius 1 is 0.857 bits per heavy atom. The number of sulfonamides is 1. The number of Topliss-reactive ketones (excluding diaryl/α,β-unsaturated/α-hetero) is 1. The fourth-order valence-corrected chi connectivity index (χ4v) is 11.8. The minimum absolute atomic E-state index is 0.0603. The zero-order chi connectivity index (χ0) is 24.7. The third kappa shape index (κ3) is 3.76. The predicted octanol–water partition coefficient (Wildman–Crippen LogP) is 2.71. The van der Waals surface area contributed by atoms with Crippen molar-refractivity contribution < 1.29 is 18.3 Å². The van der Waals surface area contributed by atoms with Crippen molar-refractivity contribution in [2.24, 2.45) is 0 Å². The Labute approximate surface area is 207 Å². The second-order valence-corrected chi connectivity index (χ2v) is 14.6. The Hall–Kier alpha value is -2.79. The number of carbonyl (C=O) groups is 1. The lowest BCUT2D eigenvalue weighted by Gasteiger charge is -2.41. The number of hydrogen-bond donors (Lipinski definition) is 0. The lowest BCUT2D eigenvalue weighted by molar-refractivity contribution is -0.322. The van der Waals surface area contributed by atoms with Crippen LogP contribution in [0.1, 0.15) is 26.2 Å². The van der Waals surface area contributed by atoms with Gasteiger partial charge in [-0.3, -0.25) is 4.79 Å². The van der Waals surface area contributed by atoms with Gasteiger partial charge in [0.05, 0.1) is 0 Å². The third-order valence-electron chi connectivity index (χ3n) is 7.29. The second kappa shape index (κ2) is 9.02. The average molecular weight is 506 g/mol. The second-order valence-electron chi connectivity index (χ2n) is 9.36. The van der Waals surface area contributed by atoms with Crippen LogP contribution in [0.3, 0.4) is 0 Å². The molecule has 7 heteroatoms. The van der Waals surface area contributed by atoms with E-state index in [4.69, 9.17) is 0 Å². The summed E-state index contributed by atoms with van der Waals surface area (Å²) in [5.74, 6) is -1.13. The fraction of sp³-hybridized carbons (Fsp3) is 0.250. The quantitative estimate of drug-likeness (QED) is 0.483. The van der Waals surface area contributed by atoms with Gasteiger partial charge in [0.2, 0.25) is 15.8 Å². The van der Waals surface area contributed by atoms with E-state index >= 15 is 0 Å². The van der Waals surface area contributed by atoms with Crippen LogP contribution in [-0.2, 0) is 14.8 Å². The van der Waals surface area contributed by atoms with Crippen LogP contribution in [0.2, 0.25) is 0 Å². The van der Waals surface area contributed by atoms with E-state index in [9.17, 15) is 18.3 Å². The van der Waals surface area contributed by atoms with Gasteiger partial charge in [0.1, 0.15) is 34.2 Å². The minimum Gasteiger partial charge on any atom is -0.873 e. The van der Waals surface area contributed by atoms with Crippen molar-refractivity contribution in [3.8, 4) is 0 Å². The van der Waals surface area contributed by atoms with Crippen molar-refractivity contribution in [1.82, 2.24) is 4.31 Å². The third-order valence-corrected chi connectivity index (χ3v) is 13.7. The fourth-order valence-electron chi connectivity index (χ4n) is 5.51. The van der Waals surface area contributed by atoms with Crippen molar-refractivity contribution in [3.63, 3.8) is 0 Å². The predicted molar refractivity (Wildman–Crippen MR) is 140 cm³/mol. The molecule has 2 aliphatic heterocycles. The van der Waals surface area contributed by atoms with E-state index in [1.807, 2.05) is 91.0 Å². The minimum atomic E-state index is -4.15. The topological polar surface area (TPSA) is 77.5 Å². The average Bonchev–Trinajstić information content (AvgIpc) is 3.05. The molecule has 5 nitrogen and oxygen atoms in total. The molecule has 0 N–H and O–H groups in total. The number of benzene rings is 3. The van der Waals surface area contributed by atoms with Crippen molar-refractivity contribution in [1.29, 1.82) is 0 Å². The van der Waals surface area contributed by atoms with Crippen LogP contribution in [0.5, 0.6) is 0 Å². The molecule has 3 aromatic rings. The molecule has 35 heavy (non-hydrogen) atoms. The number of fused-ring (bicyclic) bond motifs is 1. The summed E-state index contributed by atoms with van der Waals surface area (Å²) in [6, 6.07) is 29.4. The van der Waals surface area contributed by atoms with E-state index in [-0.39, 0.29) is 12.7 Å². The summed E-state index contributed by atoms with van der Waals surface area (Å²) in [5.41, 5.74) is -1.16. The molecule has 1 atom stereocenters. The van der Waals surface area contributed by atoms with E-state index in [0.717, 1.165) is 22.3 Å². The summed E-state index contributed by atoms with van der Waals surface area (Å²) in [7, 11) is -6.76. The number of rotatable bonds is 6. The molecule has 2 heterocycles. The number of nitrogens with zero attached hydrogens (tertiary/aromatic N) is 1. The van der Waals surface area contributed by atoms with Crippen LogP contribution in [-0.4, -0.2) is 36.8 Å². The summed E-state index contributed by atoms with van der Waals surface area (Å²) in [6.45, 7) is 1.94. The van der Waals surface area contributed by atoms with Gasteiger partial charge >= 0.3 is 0 Å². The van der Waals surface area contributed by atoms with Gasteiger partial charge in [-0.2, -0.15) is 4.31 Å². The van der Waals surface area contributed by atoms with Gasteiger partial charge in [-0.1, -0.05) is 60.4 Å². The van der Waals surface area contributed by atoms with E-state index in [1.54, 1.807) is 6.92 Å². The number of carbonyl (C=O) groups excluding carboxylic acids is 1. The molecule has 3 aromatic carbocycles. The highest BCUT2D eigenvalue weighted by Crippen LogP contribution is 2.56. The highest BCUT2D eigenvalue weighted by molar-refractivity contribution is 7.97. The molecule has 0 bridgehead atoms. The van der Waals surface area contributed by atoms with Gasteiger partial charge in [-0.25, -0.2) is 8.42 Å². The SMILES string of the molecule is CC12CCCCN1S(=O)(=O)C(C(=O)C[P+](c1ccccc1)(c1ccccc1)c1ccccc1)=C2[O-]. The Morgan fingerprint density at radius 2 is 1.31 bits per heavy atom. The highest BCUT2D eigenvalue weighted by atomic mass is 32.2. The molecule has 0 amide bonds. The van der Waals surface area contributed by atoms with Crippen molar-refractivity contribution >= 4 is 39.0 Å². The normalized spacial score (nSPS) is 22.1. The van der Waals surface area contributed by atoms with Gasteiger partial charge in [0.15, 0.2) is 0 Å². The first-order valence-corrected chi connectivity index (χ1v) is 15.3. The lowest BCUT2D eigenvalue weighted by Crippen LogP contribution is -2.50. The number of ketones is 1. The van der Waals surface area contributed by atoms with Gasteiger partial charge in [-0.15, -0.1) is 0 Å². The molecular weight excluding hydrogens is 477 g/mol. The van der Waals surface area contributed by atoms with Gasteiger partial charge in [-0.05, 0) is 62.6 Å². The summed E-state index contributed by atoms with van der Waals surface area (Å²) in [4.78, 5) is 13.5. The molecule has 1 fully saturated rings. The van der Waals surface area contributed by atoms with E-state index in [2.05, 4.69) is 0 Å². The first kappa shape index (κ1) is 23.9. The molecule has 1 unspecified atom stereocenters. The zero-order valence-corrected chi connectivity index (χ0v) is 21.3. The largest absolute Gasteiger partial charge is 0.873 e. The molecule has 2 aliphatic rings. The molecule has 0 aliphatic carbocycles. The monoisotopic (exact) mass is 505 g/mol. The first-order valence-electron chi connectivity index (χ1n) is 11.8. The van der Waals surface area contributed by atoms with E-state index < -0.39 is 39.3 Å². The molecule has 180 valence electrons. The maximum Gasteiger partial charge on any atom is 0.246 e. The van der Waals surface area contributed by atoms with E-state index in [0.29, 0.717) is 12.8 Å². The first-order chi connectivity index (χ1) is 16.8. The smallest absolute Gasteiger partial charge is 0.246 e. The molecule has 1 saturated heterocycles. The van der Waals surface area contributed by atoms with Crippen molar-refractivity contribution in [3.05, 3.63) is 102 Å². The van der Waals surface area contributed by atoms with Crippen molar-refractivity contribution in [2.45, 2.75) is 31.7 Å². The van der Waals surface area contributed by atoms with Gasteiger partial charge in [0.25, 0.3) is 0 Å². The van der Waals surface area contributed by atoms with Crippen LogP contribution in [0.15, 0.2) is 102 Å². The summed E-state index contributed by atoms with van der Waals surface area (Å²) < 4.78 is 28.3. The Kier molecular flexibility index (Phi) is 6.16. The molecule has 0 aromatic heterocycles. The number of piperidine rings is 1. The maximum atomic E-state index is 14.1. The highest BCUT2D eigenvalue weighted by Gasteiger charge is 2.55. The van der Waals surface area contributed by atoms with Gasteiger partial charge in [0, 0.05) is 12.1 Å². The molecule has 0 radical (unpaired) electrons. The van der Waals surface area contributed by atoms with Crippen LogP contribution >= 0.6 is 7.26 Å². The standard InChI is InChI=1S/C28H28NO4PS/c1-28-19-11-12-20-29(28)35(32,33)26(27(28)31)25(30)21-34(22-13-5-2-6-14-22,23-15-7-3-8-16-23)24-17-9-4-10-18-24/h2-10,13-18H,11-12,19-21H2,1H3. The molecular formula is C28H28NO4PS. The molecule has 5 rings (SSSR count). The van der Waals surface area contributed by atoms with Crippen LogP contribution in [0, 0.1) is 0 Å². The maximum absolute atomic E-state index is 14.1. The Bertz CT molecular complexity index is 1280. The summed E-state index contributed by atoms with van der Waals surface area (Å²) in [5, 5.41) is 16.5. The Morgan fingerprint density at radius 3 is 1.74 bits per heavy atom. The van der Waals surface area contributed by atoms with Crippen LogP contribution in [0.4, 0.5) is 0 Å². The molecule has 0 spiro atoms. The lowest BCUT2D eigenvalue weighted by atomic mass is 9.88. The van der Waals surface area contributed by atoms with Gasteiger partial charge < -0.3 is 5.11 Å². The zero-order valence-electron chi connectivity index (χ0n) is 19.6. The number of hydrogen-bond acceptors (Lipinski definition) is 4. The van der Waals surface area contributed by atoms with Crippen molar-refractivity contribution in [2.75, 3.05) is 12.7 Å². The number of allylic oxidation sites excluding steroid dienone is 1.